The quantitative estimate of drug-likeness (QED) is 0.927. The van der Waals surface area contributed by atoms with Crippen molar-refractivity contribution in [1.82, 2.24) is 9.88 Å². The average Bonchev–Trinajstić information content (AvgIpc) is 2.71. The van der Waals surface area contributed by atoms with E-state index in [2.05, 4.69) is 42.8 Å². The van der Waals surface area contributed by atoms with Gasteiger partial charge in [-0.05, 0) is 49.9 Å². The first kappa shape index (κ1) is 14.8. The monoisotopic (exact) mass is 288 g/mol. The SMILES string of the molecule is CC(C)c1cc(CN)cc(N2CCC3CCC(C2)N3C)n1. The predicted octanol–water partition coefficient (Wildman–Crippen LogP) is 2.34. The number of anilines is 1. The lowest BCUT2D eigenvalue weighted by Gasteiger charge is -2.27. The van der Waals surface area contributed by atoms with E-state index < -0.39 is 0 Å². The van der Waals surface area contributed by atoms with Crippen molar-refractivity contribution in [3.8, 4) is 0 Å². The van der Waals surface area contributed by atoms with Gasteiger partial charge in [0.05, 0.1) is 0 Å². The molecular weight excluding hydrogens is 260 g/mol. The summed E-state index contributed by atoms with van der Waals surface area (Å²) in [6.45, 7) is 7.21. The molecule has 2 aliphatic rings. The molecule has 3 rings (SSSR count). The lowest BCUT2D eigenvalue weighted by atomic mass is 10.1. The minimum Gasteiger partial charge on any atom is -0.355 e. The van der Waals surface area contributed by atoms with Gasteiger partial charge in [0.25, 0.3) is 0 Å². The maximum Gasteiger partial charge on any atom is 0.129 e. The summed E-state index contributed by atoms with van der Waals surface area (Å²) in [6.07, 6.45) is 3.94. The van der Waals surface area contributed by atoms with E-state index in [9.17, 15) is 0 Å². The van der Waals surface area contributed by atoms with Crippen molar-refractivity contribution in [3.05, 3.63) is 23.4 Å². The van der Waals surface area contributed by atoms with Crippen LogP contribution in [0.4, 0.5) is 5.82 Å². The average molecular weight is 288 g/mol. The fourth-order valence-corrected chi connectivity index (χ4v) is 3.69. The number of likely N-dealkylation sites (N-methyl/N-ethyl adjacent to an activating group) is 1. The number of aromatic nitrogens is 1. The van der Waals surface area contributed by atoms with Crippen LogP contribution in [0.3, 0.4) is 0 Å². The smallest absolute Gasteiger partial charge is 0.129 e. The molecule has 0 spiro atoms. The molecule has 0 radical (unpaired) electrons. The summed E-state index contributed by atoms with van der Waals surface area (Å²) in [5.41, 5.74) is 8.24. The lowest BCUT2D eigenvalue weighted by Crippen LogP contribution is -2.37. The summed E-state index contributed by atoms with van der Waals surface area (Å²) >= 11 is 0. The van der Waals surface area contributed by atoms with Gasteiger partial charge < -0.3 is 10.6 Å². The van der Waals surface area contributed by atoms with E-state index in [-0.39, 0.29) is 0 Å². The van der Waals surface area contributed by atoms with Gasteiger partial charge in [0.1, 0.15) is 5.82 Å². The van der Waals surface area contributed by atoms with Crippen LogP contribution in [0.2, 0.25) is 0 Å². The minimum absolute atomic E-state index is 0.446. The van der Waals surface area contributed by atoms with Gasteiger partial charge in [-0.3, -0.25) is 4.90 Å². The summed E-state index contributed by atoms with van der Waals surface area (Å²) < 4.78 is 0. The van der Waals surface area contributed by atoms with Gasteiger partial charge in [0.2, 0.25) is 0 Å². The van der Waals surface area contributed by atoms with E-state index >= 15 is 0 Å². The highest BCUT2D eigenvalue weighted by molar-refractivity contribution is 5.44. The zero-order valence-electron chi connectivity index (χ0n) is 13.5. The molecule has 2 saturated heterocycles. The molecule has 4 heteroatoms. The van der Waals surface area contributed by atoms with E-state index in [4.69, 9.17) is 10.7 Å². The number of hydrogen-bond acceptors (Lipinski definition) is 4. The van der Waals surface area contributed by atoms with Gasteiger partial charge in [-0.1, -0.05) is 13.8 Å². The normalized spacial score (nSPS) is 26.4. The molecule has 2 N–H and O–H groups in total. The molecule has 116 valence electrons. The summed E-state index contributed by atoms with van der Waals surface area (Å²) in [7, 11) is 2.29. The molecule has 3 heterocycles. The van der Waals surface area contributed by atoms with Gasteiger partial charge in [-0.25, -0.2) is 4.98 Å². The first-order valence-corrected chi connectivity index (χ1v) is 8.26. The zero-order valence-corrected chi connectivity index (χ0v) is 13.5. The first-order chi connectivity index (χ1) is 10.1. The van der Waals surface area contributed by atoms with E-state index in [1.165, 1.54) is 24.8 Å². The second-order valence-corrected chi connectivity index (χ2v) is 6.90. The first-order valence-electron chi connectivity index (χ1n) is 8.26. The van der Waals surface area contributed by atoms with Crippen molar-refractivity contribution >= 4 is 5.82 Å². The van der Waals surface area contributed by atoms with E-state index in [1.54, 1.807) is 0 Å². The molecule has 2 aliphatic heterocycles. The van der Waals surface area contributed by atoms with Crippen LogP contribution < -0.4 is 10.6 Å². The third-order valence-electron chi connectivity index (χ3n) is 5.19. The standard InChI is InChI=1S/C17H28N4/c1-12(2)16-8-13(10-18)9-17(19-16)21-7-6-14-4-5-15(11-21)20(14)3/h8-9,12,14-15H,4-7,10-11,18H2,1-3H3. The molecule has 21 heavy (non-hydrogen) atoms. The maximum atomic E-state index is 5.88. The number of hydrogen-bond donors (Lipinski definition) is 1. The van der Waals surface area contributed by atoms with Gasteiger partial charge >= 0.3 is 0 Å². The van der Waals surface area contributed by atoms with E-state index in [1.807, 2.05) is 0 Å². The molecule has 1 aromatic rings. The fourth-order valence-electron chi connectivity index (χ4n) is 3.69. The number of pyridine rings is 1. The van der Waals surface area contributed by atoms with Crippen LogP contribution in [-0.2, 0) is 6.54 Å². The second kappa shape index (κ2) is 5.93. The molecule has 0 saturated carbocycles. The van der Waals surface area contributed by atoms with E-state index in [0.717, 1.165) is 30.6 Å². The molecule has 0 aromatic carbocycles. The molecular formula is C17H28N4. The number of nitrogens with two attached hydrogens (primary N) is 1. The van der Waals surface area contributed by atoms with Gasteiger partial charge in [-0.2, -0.15) is 0 Å². The Morgan fingerprint density at radius 3 is 2.71 bits per heavy atom. The molecule has 0 aliphatic carbocycles. The highest BCUT2D eigenvalue weighted by Gasteiger charge is 2.35. The second-order valence-electron chi connectivity index (χ2n) is 6.90. The van der Waals surface area contributed by atoms with Crippen LogP contribution in [0.5, 0.6) is 0 Å². The number of nitrogens with zero attached hydrogens (tertiary/aromatic N) is 3. The zero-order chi connectivity index (χ0) is 15.0. The Balaban J connectivity index is 1.87. The van der Waals surface area contributed by atoms with Gasteiger partial charge in [-0.15, -0.1) is 0 Å². The molecule has 4 nitrogen and oxygen atoms in total. The van der Waals surface area contributed by atoms with Crippen LogP contribution in [-0.4, -0.2) is 42.1 Å². The topological polar surface area (TPSA) is 45.4 Å². The van der Waals surface area contributed by atoms with Crippen molar-refractivity contribution in [2.24, 2.45) is 5.73 Å². The number of fused-ring (bicyclic) bond motifs is 2. The van der Waals surface area contributed by atoms with Crippen molar-refractivity contribution in [2.45, 2.75) is 57.7 Å². The van der Waals surface area contributed by atoms with Crippen LogP contribution in [0.1, 0.15) is 50.3 Å². The van der Waals surface area contributed by atoms with Crippen LogP contribution in [0.15, 0.2) is 12.1 Å². The Kier molecular flexibility index (Phi) is 4.18. The van der Waals surface area contributed by atoms with Crippen molar-refractivity contribution in [1.29, 1.82) is 0 Å². The lowest BCUT2D eigenvalue weighted by molar-refractivity contribution is 0.254. The molecule has 2 unspecified atom stereocenters. The Morgan fingerprint density at radius 2 is 2.00 bits per heavy atom. The third-order valence-corrected chi connectivity index (χ3v) is 5.19. The summed E-state index contributed by atoms with van der Waals surface area (Å²) in [5, 5.41) is 0. The highest BCUT2D eigenvalue weighted by atomic mass is 15.3. The Morgan fingerprint density at radius 1 is 1.24 bits per heavy atom. The van der Waals surface area contributed by atoms with Crippen LogP contribution in [0.25, 0.3) is 0 Å². The molecule has 0 amide bonds. The maximum absolute atomic E-state index is 5.88. The summed E-state index contributed by atoms with van der Waals surface area (Å²) in [6, 6.07) is 5.79. The van der Waals surface area contributed by atoms with Crippen LogP contribution >= 0.6 is 0 Å². The van der Waals surface area contributed by atoms with Gasteiger partial charge in [0.15, 0.2) is 0 Å². The largest absolute Gasteiger partial charge is 0.355 e. The van der Waals surface area contributed by atoms with Gasteiger partial charge in [0, 0.05) is 37.4 Å². The minimum atomic E-state index is 0.446. The summed E-state index contributed by atoms with van der Waals surface area (Å²) in [4.78, 5) is 9.96. The molecule has 1 aromatic heterocycles. The third kappa shape index (κ3) is 2.92. The summed E-state index contributed by atoms with van der Waals surface area (Å²) in [5.74, 6) is 1.57. The van der Waals surface area contributed by atoms with Crippen molar-refractivity contribution in [2.75, 3.05) is 25.0 Å². The Labute approximate surface area is 128 Å². The highest BCUT2D eigenvalue weighted by Crippen LogP contribution is 2.31. The van der Waals surface area contributed by atoms with Crippen molar-refractivity contribution in [3.63, 3.8) is 0 Å². The van der Waals surface area contributed by atoms with Crippen molar-refractivity contribution < 1.29 is 0 Å². The Hall–Kier alpha value is -1.13. The molecule has 2 atom stereocenters. The Bertz CT molecular complexity index is 500. The molecule has 2 fully saturated rings. The van der Waals surface area contributed by atoms with Crippen LogP contribution in [0, 0.1) is 0 Å². The predicted molar refractivity (Wildman–Crippen MR) is 87.6 cm³/mol. The fraction of sp³-hybridized carbons (Fsp3) is 0.706. The van der Waals surface area contributed by atoms with E-state index in [0.29, 0.717) is 18.5 Å². The number of rotatable bonds is 3. The molecule has 2 bridgehead atoms.